The summed E-state index contributed by atoms with van der Waals surface area (Å²) in [5, 5.41) is 0.215. The molecule has 9 heteroatoms. The minimum Gasteiger partial charge on any atom is -0.414 e. The van der Waals surface area contributed by atoms with Gasteiger partial charge in [-0.05, 0) is 54.3 Å². The van der Waals surface area contributed by atoms with E-state index < -0.39 is 16.6 Å². The summed E-state index contributed by atoms with van der Waals surface area (Å²) in [4.78, 5) is 13.6. The molecule has 1 aliphatic rings. The van der Waals surface area contributed by atoms with Crippen molar-refractivity contribution in [1.82, 2.24) is 19.5 Å². The molecular weight excluding hydrogens is 521 g/mol. The fraction of sp³-hybridized carbons (Fsp3) is 0.567. The first-order valence-corrected chi connectivity index (χ1v) is 19.6. The quantitative estimate of drug-likeness (QED) is 0.239. The normalized spacial score (nSPS) is 20.7. The van der Waals surface area contributed by atoms with Crippen LogP contribution < -0.4 is 0 Å². The van der Waals surface area contributed by atoms with Crippen molar-refractivity contribution in [2.45, 2.75) is 103 Å². The number of rotatable bonds is 6. The molecule has 0 unspecified atom stereocenters. The maximum Gasteiger partial charge on any atom is 0.192 e. The van der Waals surface area contributed by atoms with Gasteiger partial charge in [0, 0.05) is 12.0 Å². The maximum absolute atomic E-state index is 6.94. The van der Waals surface area contributed by atoms with Crippen LogP contribution in [0.4, 0.5) is 0 Å². The monoisotopic (exact) mass is 564 g/mol. The van der Waals surface area contributed by atoms with E-state index in [1.54, 1.807) is 12.7 Å². The zero-order chi connectivity index (χ0) is 28.6. The van der Waals surface area contributed by atoms with Crippen molar-refractivity contribution >= 4 is 27.8 Å². The smallest absolute Gasteiger partial charge is 0.192 e. The zero-order valence-corrected chi connectivity index (χ0v) is 27.2. The van der Waals surface area contributed by atoms with E-state index in [4.69, 9.17) is 13.6 Å². The molecule has 0 aliphatic carbocycles. The van der Waals surface area contributed by atoms with E-state index >= 15 is 0 Å². The van der Waals surface area contributed by atoms with Crippen molar-refractivity contribution in [2.75, 3.05) is 6.61 Å². The molecule has 0 radical (unpaired) electrons. The van der Waals surface area contributed by atoms with Crippen LogP contribution in [0.3, 0.4) is 0 Å². The Morgan fingerprint density at radius 3 is 2.23 bits per heavy atom. The van der Waals surface area contributed by atoms with Gasteiger partial charge in [-0.25, -0.2) is 15.0 Å². The summed E-state index contributed by atoms with van der Waals surface area (Å²) in [6.45, 7) is 23.3. The van der Waals surface area contributed by atoms with E-state index in [0.717, 1.165) is 5.56 Å². The highest BCUT2D eigenvalue weighted by Gasteiger charge is 2.46. The van der Waals surface area contributed by atoms with Gasteiger partial charge in [0.2, 0.25) is 0 Å². The Morgan fingerprint density at radius 2 is 1.59 bits per heavy atom. The summed E-state index contributed by atoms with van der Waals surface area (Å²) in [6, 6.07) is 9.87. The molecule has 0 spiro atoms. The third kappa shape index (κ3) is 6.52. The average molecular weight is 565 g/mol. The Bertz CT molecular complexity index is 1350. The van der Waals surface area contributed by atoms with E-state index in [2.05, 4.69) is 94.5 Å². The minimum absolute atomic E-state index is 0.0720. The van der Waals surface area contributed by atoms with Crippen molar-refractivity contribution in [1.29, 1.82) is 0 Å². The molecule has 4 rings (SSSR count). The molecule has 1 fully saturated rings. The Kier molecular flexibility index (Phi) is 8.28. The zero-order valence-electron chi connectivity index (χ0n) is 25.2. The average Bonchev–Trinajstić information content (AvgIpc) is 3.44. The van der Waals surface area contributed by atoms with Crippen molar-refractivity contribution < 1.29 is 13.6 Å². The SMILES string of the molecule is CC(C)(C)[Si](C)(C)OC[C@H]1O[C@@H](n2cnc3c(C#Cc4ccccc4)ncnc32)C[C@@H]1O[Si](C)(C)C(C)(C)C. The Hall–Kier alpha value is -2.36. The largest absolute Gasteiger partial charge is 0.414 e. The lowest BCUT2D eigenvalue weighted by Gasteiger charge is -2.40. The van der Waals surface area contributed by atoms with Crippen LogP contribution in [0.2, 0.25) is 36.3 Å². The molecule has 0 N–H and O–H groups in total. The lowest BCUT2D eigenvalue weighted by atomic mass is 10.2. The van der Waals surface area contributed by atoms with E-state index in [1.165, 1.54) is 0 Å². The Labute approximate surface area is 236 Å². The standard InChI is InChI=1S/C30H44N4O3Si2/c1-29(2,3)38(7,8)35-19-25-24(37-39(9,10)30(4,5)6)18-26(36-25)34-21-33-27-23(31-20-32-28(27)34)17-16-22-14-12-11-13-15-22/h11-15,20-21,24-26H,18-19H2,1-10H3/t24-,25+,26+/m0/s1. The number of hydrogen-bond acceptors (Lipinski definition) is 6. The number of hydrogen-bond donors (Lipinski definition) is 0. The summed E-state index contributed by atoms with van der Waals surface area (Å²) in [6.07, 6.45) is 3.54. The van der Waals surface area contributed by atoms with Gasteiger partial charge < -0.3 is 13.6 Å². The van der Waals surface area contributed by atoms with Gasteiger partial charge in [-0.2, -0.15) is 0 Å². The molecule has 7 nitrogen and oxygen atoms in total. The van der Waals surface area contributed by atoms with Gasteiger partial charge >= 0.3 is 0 Å². The first-order valence-electron chi connectivity index (χ1n) is 13.8. The first kappa shape index (κ1) is 29.6. The van der Waals surface area contributed by atoms with Gasteiger partial charge in [0.05, 0.1) is 19.0 Å². The van der Waals surface area contributed by atoms with Crippen LogP contribution in [0.15, 0.2) is 43.0 Å². The molecule has 0 amide bonds. The molecular formula is C30H44N4O3Si2. The molecule has 3 aromatic rings. The first-order chi connectivity index (χ1) is 18.1. The number of fused-ring (bicyclic) bond motifs is 1. The Balaban J connectivity index is 1.62. The van der Waals surface area contributed by atoms with Gasteiger partial charge in [-0.3, -0.25) is 4.57 Å². The molecule has 1 saturated heterocycles. The second-order valence-electron chi connectivity index (χ2n) is 13.5. The lowest BCUT2D eigenvalue weighted by Crippen LogP contribution is -2.48. The fourth-order valence-electron chi connectivity index (χ4n) is 4.01. The van der Waals surface area contributed by atoms with Crippen LogP contribution in [0, 0.1) is 11.8 Å². The lowest BCUT2D eigenvalue weighted by molar-refractivity contribution is -0.0383. The second-order valence-corrected chi connectivity index (χ2v) is 23.1. The van der Waals surface area contributed by atoms with E-state index in [9.17, 15) is 0 Å². The van der Waals surface area contributed by atoms with Crippen LogP contribution in [0.5, 0.6) is 0 Å². The van der Waals surface area contributed by atoms with Crippen molar-refractivity contribution in [3.8, 4) is 11.8 Å². The van der Waals surface area contributed by atoms with Gasteiger partial charge in [0.1, 0.15) is 29.9 Å². The van der Waals surface area contributed by atoms with E-state index in [0.29, 0.717) is 29.9 Å². The second kappa shape index (κ2) is 10.9. The van der Waals surface area contributed by atoms with Gasteiger partial charge in [0.25, 0.3) is 0 Å². The van der Waals surface area contributed by atoms with E-state index in [1.807, 2.05) is 34.9 Å². The molecule has 0 saturated carbocycles. The third-order valence-electron chi connectivity index (χ3n) is 8.62. The van der Waals surface area contributed by atoms with Crippen LogP contribution in [0.25, 0.3) is 11.2 Å². The van der Waals surface area contributed by atoms with Gasteiger partial charge in [-0.15, -0.1) is 0 Å². The van der Waals surface area contributed by atoms with Crippen LogP contribution >= 0.6 is 0 Å². The molecule has 1 aromatic carbocycles. The van der Waals surface area contributed by atoms with Gasteiger partial charge in [-0.1, -0.05) is 65.7 Å². The van der Waals surface area contributed by atoms with Gasteiger partial charge in [0.15, 0.2) is 22.3 Å². The summed E-state index contributed by atoms with van der Waals surface area (Å²) in [5.41, 5.74) is 2.92. The summed E-state index contributed by atoms with van der Waals surface area (Å²) in [5.74, 6) is 6.35. The molecule has 2 aromatic heterocycles. The van der Waals surface area contributed by atoms with Crippen molar-refractivity contribution in [3.05, 3.63) is 54.2 Å². The molecule has 210 valence electrons. The highest BCUT2D eigenvalue weighted by atomic mass is 28.4. The Morgan fingerprint density at radius 1 is 0.923 bits per heavy atom. The highest BCUT2D eigenvalue weighted by molar-refractivity contribution is 6.74. The number of benzene rings is 1. The summed E-state index contributed by atoms with van der Waals surface area (Å²) < 4.78 is 22.3. The van der Waals surface area contributed by atoms with Crippen LogP contribution in [0.1, 0.15) is 65.4 Å². The number of ether oxygens (including phenoxy) is 1. The van der Waals surface area contributed by atoms with Crippen molar-refractivity contribution in [2.24, 2.45) is 0 Å². The predicted molar refractivity (Wildman–Crippen MR) is 161 cm³/mol. The topological polar surface area (TPSA) is 71.3 Å². The molecule has 3 heterocycles. The third-order valence-corrected chi connectivity index (χ3v) is 17.6. The molecule has 39 heavy (non-hydrogen) atoms. The van der Waals surface area contributed by atoms with E-state index in [-0.39, 0.29) is 28.5 Å². The maximum atomic E-state index is 6.94. The predicted octanol–water partition coefficient (Wildman–Crippen LogP) is 6.93. The highest BCUT2D eigenvalue weighted by Crippen LogP contribution is 2.42. The molecule has 0 bridgehead atoms. The number of aromatic nitrogens is 4. The molecule has 3 atom stereocenters. The van der Waals surface area contributed by atoms with Crippen LogP contribution in [-0.2, 0) is 13.6 Å². The summed E-state index contributed by atoms with van der Waals surface area (Å²) in [7, 11) is -3.99. The molecule has 1 aliphatic heterocycles. The summed E-state index contributed by atoms with van der Waals surface area (Å²) >= 11 is 0. The van der Waals surface area contributed by atoms with Crippen molar-refractivity contribution in [3.63, 3.8) is 0 Å². The van der Waals surface area contributed by atoms with Crippen LogP contribution in [-0.4, -0.2) is 55.0 Å². The number of imidazole rings is 1. The number of nitrogens with zero attached hydrogens (tertiary/aromatic N) is 4. The minimum atomic E-state index is -2.04. The fourth-order valence-corrected chi connectivity index (χ4v) is 6.39.